The molecule has 0 saturated heterocycles. The number of nitrogens with zero attached hydrogens (tertiary/aromatic N) is 4. The van der Waals surface area contributed by atoms with Gasteiger partial charge in [0.25, 0.3) is 0 Å². The minimum atomic E-state index is 0.889. The second-order valence-electron chi connectivity index (χ2n) is 15.7. The maximum Gasteiger partial charge on any atom is 0.0736 e. The van der Waals surface area contributed by atoms with Crippen molar-refractivity contribution in [3.8, 4) is 22.3 Å². The highest BCUT2D eigenvalue weighted by molar-refractivity contribution is 5.93. The van der Waals surface area contributed by atoms with E-state index in [-0.39, 0.29) is 0 Å². The summed E-state index contributed by atoms with van der Waals surface area (Å²) in [5, 5.41) is 0. The van der Waals surface area contributed by atoms with Gasteiger partial charge in [-0.15, -0.1) is 0 Å². The second kappa shape index (κ2) is 14.6. The Morgan fingerprint density at radius 1 is 0.290 bits per heavy atom. The van der Waals surface area contributed by atoms with Crippen molar-refractivity contribution < 1.29 is 0 Å². The molecule has 4 N–H and O–H groups in total. The van der Waals surface area contributed by atoms with Gasteiger partial charge in [0.05, 0.1) is 45.6 Å². The fraction of sp³-hybridized carbons (Fsp3) is 0. The standard InChI is InChI=1S/C54H36N8/c1(33-3-7-35(8-4-33)53-49-23-19-45(59-49)29-41-15-11-37(55-41)27-38-12-16-42(56-38)30-46-20-24-50(53)60-46)2-34-5-9-36(10-6-34)54-51-25-21-47(61-51)31-43-17-13-39(57-43)28-40-14-18-44(58-40)32-48-22-26-52(54)62-48/h1-32,55,57,60,62H/b2-1+,37-27?,38-27?,39-28?,40-28?,41-29?,42-30?,43-31?,44-32?,45-29?,46-30?,47-31?,48-32?,53-49?,53-50?,54-51?,54-52?. The maximum atomic E-state index is 5.07. The molecule has 12 rings (SSSR count). The number of rotatable bonds is 4. The molecule has 292 valence electrons. The van der Waals surface area contributed by atoms with Crippen molar-refractivity contribution in [2.45, 2.75) is 0 Å². The summed E-state index contributed by atoms with van der Waals surface area (Å²) in [5.41, 5.74) is 21.5. The number of fused-ring (bicyclic) bond motifs is 16. The van der Waals surface area contributed by atoms with E-state index >= 15 is 0 Å². The second-order valence-corrected chi connectivity index (χ2v) is 15.7. The van der Waals surface area contributed by atoms with Crippen LogP contribution in [0.5, 0.6) is 0 Å². The highest BCUT2D eigenvalue weighted by Crippen LogP contribution is 2.33. The van der Waals surface area contributed by atoms with Crippen LogP contribution in [-0.2, 0) is 0 Å². The average molecular weight is 797 g/mol. The van der Waals surface area contributed by atoms with Crippen molar-refractivity contribution in [1.82, 2.24) is 39.9 Å². The first-order chi connectivity index (χ1) is 30.5. The molecule has 8 nitrogen and oxygen atoms in total. The number of aromatic amines is 4. The molecular weight excluding hydrogens is 761 g/mol. The first-order valence-corrected chi connectivity index (χ1v) is 20.6. The van der Waals surface area contributed by atoms with Crippen molar-refractivity contribution >= 4 is 105 Å². The Bertz CT molecular complexity index is 3380. The predicted octanol–water partition coefficient (Wildman–Crippen LogP) is 13.1. The van der Waals surface area contributed by atoms with Crippen molar-refractivity contribution in [1.29, 1.82) is 0 Å². The Hall–Kier alpha value is -8.62. The van der Waals surface area contributed by atoms with Crippen molar-refractivity contribution in [3.63, 3.8) is 0 Å². The van der Waals surface area contributed by atoms with Crippen LogP contribution in [0.25, 0.3) is 127 Å². The molecule has 4 aliphatic rings. The quantitative estimate of drug-likeness (QED) is 0.133. The number of hydrogen-bond donors (Lipinski definition) is 4. The molecule has 0 spiro atoms. The van der Waals surface area contributed by atoms with Crippen LogP contribution < -0.4 is 0 Å². The highest BCUT2D eigenvalue weighted by Gasteiger charge is 2.13. The zero-order chi connectivity index (χ0) is 41.0. The van der Waals surface area contributed by atoms with Crippen LogP contribution in [0.15, 0.2) is 133 Å². The Labute approximate surface area is 355 Å². The molecule has 0 aliphatic carbocycles. The molecule has 2 aromatic carbocycles. The molecule has 8 heteroatoms. The third-order valence-corrected chi connectivity index (χ3v) is 11.3. The SMILES string of the molecule is C1=Cc2cc3ccc([nH]3)c(-c3ccc(/C=C/c4ccc(-c5c6nc(cc7ccc(cc8nc(cc9ccc5[nH]9)C=C8)[nH]7)C=C6)cc4)cc3)c3nc(cc4ccc(cc1n2)[nH]4)C=C3. The van der Waals surface area contributed by atoms with Gasteiger partial charge in [-0.2, -0.15) is 0 Å². The molecule has 10 heterocycles. The normalized spacial score (nSPS) is 12.8. The summed E-state index contributed by atoms with van der Waals surface area (Å²) in [6, 6.07) is 46.4. The van der Waals surface area contributed by atoms with Crippen LogP contribution in [0.1, 0.15) is 56.7 Å². The summed E-state index contributed by atoms with van der Waals surface area (Å²) in [6.07, 6.45) is 20.8. The highest BCUT2D eigenvalue weighted by atomic mass is 14.8. The van der Waals surface area contributed by atoms with E-state index in [9.17, 15) is 0 Å². The molecular formula is C54H36N8. The van der Waals surface area contributed by atoms with Crippen molar-refractivity contribution in [3.05, 3.63) is 190 Å². The molecule has 6 aromatic heterocycles. The van der Waals surface area contributed by atoms with Crippen molar-refractivity contribution in [2.75, 3.05) is 0 Å². The lowest BCUT2D eigenvalue weighted by molar-refractivity contribution is 1.31. The fourth-order valence-electron chi connectivity index (χ4n) is 8.34. The van der Waals surface area contributed by atoms with E-state index in [0.717, 1.165) is 123 Å². The molecule has 16 bridgehead atoms. The predicted molar refractivity (Wildman–Crippen MR) is 258 cm³/mol. The van der Waals surface area contributed by atoms with Gasteiger partial charge in [0, 0.05) is 55.3 Å². The van der Waals surface area contributed by atoms with Crippen LogP contribution in [-0.4, -0.2) is 39.9 Å². The average Bonchev–Trinajstić information content (AvgIpc) is 4.13. The number of benzene rings is 2. The van der Waals surface area contributed by atoms with Gasteiger partial charge in [0.15, 0.2) is 0 Å². The summed E-state index contributed by atoms with van der Waals surface area (Å²) in [4.78, 5) is 34.0. The number of nitrogens with one attached hydrogen (secondary N) is 4. The summed E-state index contributed by atoms with van der Waals surface area (Å²) in [5.74, 6) is 0. The summed E-state index contributed by atoms with van der Waals surface area (Å²) in [7, 11) is 0. The van der Waals surface area contributed by atoms with E-state index in [4.69, 9.17) is 19.9 Å². The van der Waals surface area contributed by atoms with E-state index in [1.54, 1.807) is 0 Å². The van der Waals surface area contributed by atoms with Gasteiger partial charge in [-0.25, -0.2) is 19.9 Å². The van der Waals surface area contributed by atoms with E-state index in [1.165, 1.54) is 0 Å². The van der Waals surface area contributed by atoms with Gasteiger partial charge in [-0.1, -0.05) is 60.7 Å². The Morgan fingerprint density at radius 2 is 0.597 bits per heavy atom. The molecule has 0 saturated carbocycles. The van der Waals surface area contributed by atoms with Crippen LogP contribution in [0.4, 0.5) is 0 Å². The Morgan fingerprint density at radius 3 is 0.968 bits per heavy atom. The maximum absolute atomic E-state index is 5.07. The third-order valence-electron chi connectivity index (χ3n) is 11.3. The lowest BCUT2D eigenvalue weighted by Crippen LogP contribution is -1.86. The fourth-order valence-corrected chi connectivity index (χ4v) is 8.34. The Balaban J connectivity index is 0.880. The number of hydrogen-bond acceptors (Lipinski definition) is 4. The lowest BCUT2D eigenvalue weighted by atomic mass is 10.0. The summed E-state index contributed by atoms with van der Waals surface area (Å²) >= 11 is 0. The lowest BCUT2D eigenvalue weighted by Gasteiger charge is -2.06. The first kappa shape index (κ1) is 35.3. The van der Waals surface area contributed by atoms with Gasteiger partial charge in [0.1, 0.15) is 0 Å². The first-order valence-electron chi connectivity index (χ1n) is 20.6. The summed E-state index contributed by atoms with van der Waals surface area (Å²) < 4.78 is 0. The van der Waals surface area contributed by atoms with Gasteiger partial charge >= 0.3 is 0 Å². The van der Waals surface area contributed by atoms with Gasteiger partial charge in [-0.05, 0) is 156 Å². The zero-order valence-electron chi connectivity index (χ0n) is 33.3. The summed E-state index contributed by atoms with van der Waals surface area (Å²) in [6.45, 7) is 0. The van der Waals surface area contributed by atoms with E-state index < -0.39 is 0 Å². The van der Waals surface area contributed by atoms with Gasteiger partial charge in [-0.3, -0.25) is 0 Å². The van der Waals surface area contributed by atoms with Crippen LogP contribution in [0, 0.1) is 0 Å². The Kier molecular flexibility index (Phi) is 8.31. The number of H-pyrrole nitrogens is 4. The smallest absolute Gasteiger partial charge is 0.0736 e. The number of aromatic nitrogens is 8. The van der Waals surface area contributed by atoms with Crippen LogP contribution in [0.2, 0.25) is 0 Å². The zero-order valence-corrected chi connectivity index (χ0v) is 33.3. The third kappa shape index (κ3) is 7.01. The molecule has 0 unspecified atom stereocenters. The molecule has 0 atom stereocenters. The minimum Gasteiger partial charge on any atom is -0.355 e. The largest absolute Gasteiger partial charge is 0.355 e. The van der Waals surface area contributed by atoms with Crippen molar-refractivity contribution in [2.24, 2.45) is 0 Å². The van der Waals surface area contributed by atoms with Crippen LogP contribution in [0.3, 0.4) is 0 Å². The topological polar surface area (TPSA) is 115 Å². The molecule has 8 aromatic rings. The van der Waals surface area contributed by atoms with Crippen LogP contribution >= 0.6 is 0 Å². The molecule has 62 heavy (non-hydrogen) atoms. The molecule has 0 fully saturated rings. The molecule has 0 amide bonds. The molecule has 4 aliphatic heterocycles. The van der Waals surface area contributed by atoms with E-state index in [1.807, 2.05) is 24.3 Å². The van der Waals surface area contributed by atoms with E-state index in [2.05, 4.69) is 190 Å². The van der Waals surface area contributed by atoms with Gasteiger partial charge < -0.3 is 19.9 Å². The monoisotopic (exact) mass is 796 g/mol. The van der Waals surface area contributed by atoms with Gasteiger partial charge in [0.2, 0.25) is 0 Å². The molecule has 0 radical (unpaired) electrons. The minimum absolute atomic E-state index is 0.889. The van der Waals surface area contributed by atoms with E-state index in [0.29, 0.717) is 0 Å².